The van der Waals surface area contributed by atoms with Crippen LogP contribution in [-0.4, -0.2) is 29.3 Å². The van der Waals surface area contributed by atoms with Crippen molar-refractivity contribution >= 4 is 45.6 Å². The van der Waals surface area contributed by atoms with Gasteiger partial charge < -0.3 is 4.74 Å². The zero-order chi connectivity index (χ0) is 15.2. The average molecular weight is 346 g/mol. The van der Waals surface area contributed by atoms with Gasteiger partial charge in [-0.25, -0.2) is 0 Å². The molecule has 5 nitrogen and oxygen atoms in total. The fourth-order valence-corrected chi connectivity index (χ4v) is 2.87. The highest BCUT2D eigenvalue weighted by Crippen LogP contribution is 2.26. The summed E-state index contributed by atoms with van der Waals surface area (Å²) in [5.41, 5.74) is 0.229. The molecule has 0 aliphatic heterocycles. The molecule has 2 rings (SSSR count). The SMILES string of the molecule is CCOCCc1nnc(NC(=O)c2c(Cl)cccc2Cl)s1. The lowest BCUT2D eigenvalue weighted by Crippen LogP contribution is -2.12. The number of rotatable bonds is 6. The highest BCUT2D eigenvalue weighted by molar-refractivity contribution is 7.15. The highest BCUT2D eigenvalue weighted by Gasteiger charge is 2.16. The Kier molecular flexibility index (Phi) is 5.93. The lowest BCUT2D eigenvalue weighted by molar-refractivity contribution is 0.102. The Morgan fingerprint density at radius 1 is 1.33 bits per heavy atom. The molecule has 1 aromatic carbocycles. The van der Waals surface area contributed by atoms with Gasteiger partial charge in [0.15, 0.2) is 0 Å². The number of anilines is 1. The number of aromatic nitrogens is 2. The molecule has 0 atom stereocenters. The number of nitrogens with one attached hydrogen (secondary N) is 1. The van der Waals surface area contributed by atoms with E-state index in [-0.39, 0.29) is 5.56 Å². The van der Waals surface area contributed by atoms with E-state index in [1.807, 2.05) is 6.92 Å². The molecule has 8 heteroatoms. The van der Waals surface area contributed by atoms with Crippen LogP contribution in [0.25, 0.3) is 0 Å². The molecule has 0 radical (unpaired) electrons. The molecule has 0 aliphatic carbocycles. The first-order valence-corrected chi connectivity index (χ1v) is 7.84. The second kappa shape index (κ2) is 7.70. The molecular formula is C13H13Cl2N3O2S. The van der Waals surface area contributed by atoms with E-state index in [1.54, 1.807) is 18.2 Å². The number of hydrogen-bond donors (Lipinski definition) is 1. The van der Waals surface area contributed by atoms with Crippen LogP contribution in [0.4, 0.5) is 5.13 Å². The highest BCUT2D eigenvalue weighted by atomic mass is 35.5. The second-order valence-corrected chi connectivity index (χ2v) is 5.88. The zero-order valence-corrected chi connectivity index (χ0v) is 13.6. The molecule has 0 saturated heterocycles. The summed E-state index contributed by atoms with van der Waals surface area (Å²) in [6.45, 7) is 3.17. The first-order valence-electron chi connectivity index (χ1n) is 6.27. The van der Waals surface area contributed by atoms with Crippen molar-refractivity contribution in [2.24, 2.45) is 0 Å². The molecule has 21 heavy (non-hydrogen) atoms. The Morgan fingerprint density at radius 3 is 2.71 bits per heavy atom. The molecule has 1 heterocycles. The standard InChI is InChI=1S/C13H13Cl2N3O2S/c1-2-20-7-6-10-17-18-13(21-10)16-12(19)11-8(14)4-3-5-9(11)15/h3-5H,2,6-7H2,1H3,(H,16,18,19). The average Bonchev–Trinajstić information content (AvgIpc) is 2.86. The predicted molar refractivity (Wildman–Crippen MR) is 84.5 cm³/mol. The van der Waals surface area contributed by atoms with Gasteiger partial charge in [-0.05, 0) is 19.1 Å². The van der Waals surface area contributed by atoms with E-state index >= 15 is 0 Å². The van der Waals surface area contributed by atoms with Crippen molar-refractivity contribution in [2.45, 2.75) is 13.3 Å². The third-order valence-electron chi connectivity index (χ3n) is 2.54. The Labute approximate surface area is 136 Å². The first-order chi connectivity index (χ1) is 10.1. The number of halogens is 2. The Hall–Kier alpha value is -1.21. The van der Waals surface area contributed by atoms with Crippen LogP contribution < -0.4 is 5.32 Å². The number of ether oxygens (including phenoxy) is 1. The van der Waals surface area contributed by atoms with E-state index in [0.717, 1.165) is 5.01 Å². The summed E-state index contributed by atoms with van der Waals surface area (Å²) in [6.07, 6.45) is 0.661. The zero-order valence-electron chi connectivity index (χ0n) is 11.2. The first kappa shape index (κ1) is 16.2. The van der Waals surface area contributed by atoms with Crippen LogP contribution in [0.15, 0.2) is 18.2 Å². The van der Waals surface area contributed by atoms with Crippen LogP contribution >= 0.6 is 34.5 Å². The van der Waals surface area contributed by atoms with Gasteiger partial charge >= 0.3 is 0 Å². The molecule has 112 valence electrons. The molecule has 2 aromatic rings. The van der Waals surface area contributed by atoms with Crippen molar-refractivity contribution in [3.05, 3.63) is 38.8 Å². The smallest absolute Gasteiger partial charge is 0.260 e. The summed E-state index contributed by atoms with van der Waals surface area (Å²) >= 11 is 13.3. The quantitative estimate of drug-likeness (QED) is 0.811. The van der Waals surface area contributed by atoms with Crippen molar-refractivity contribution in [1.82, 2.24) is 10.2 Å². The van der Waals surface area contributed by atoms with Gasteiger partial charge in [-0.15, -0.1) is 10.2 Å². The van der Waals surface area contributed by atoms with Gasteiger partial charge in [0.1, 0.15) is 5.01 Å². The van der Waals surface area contributed by atoms with Crippen molar-refractivity contribution in [1.29, 1.82) is 0 Å². The topological polar surface area (TPSA) is 64.1 Å². The molecule has 0 aliphatic rings. The monoisotopic (exact) mass is 345 g/mol. The number of benzene rings is 1. The fraction of sp³-hybridized carbons (Fsp3) is 0.308. The van der Waals surface area contributed by atoms with Crippen LogP contribution in [-0.2, 0) is 11.2 Å². The van der Waals surface area contributed by atoms with Gasteiger partial charge in [0.25, 0.3) is 5.91 Å². The summed E-state index contributed by atoms with van der Waals surface area (Å²) in [7, 11) is 0. The Bertz CT molecular complexity index is 613. The molecule has 0 bridgehead atoms. The minimum atomic E-state index is -0.405. The van der Waals surface area contributed by atoms with Crippen LogP contribution in [0.2, 0.25) is 10.0 Å². The lowest BCUT2D eigenvalue weighted by Gasteiger charge is -2.05. The van der Waals surface area contributed by atoms with Crippen LogP contribution in [0, 0.1) is 0 Å². The van der Waals surface area contributed by atoms with Gasteiger partial charge in [-0.2, -0.15) is 0 Å². The second-order valence-electron chi connectivity index (χ2n) is 4.00. The van der Waals surface area contributed by atoms with Gasteiger partial charge in [-0.1, -0.05) is 40.6 Å². The van der Waals surface area contributed by atoms with Crippen LogP contribution in [0.5, 0.6) is 0 Å². The molecule has 1 N–H and O–H groups in total. The van der Waals surface area contributed by atoms with Gasteiger partial charge in [0.2, 0.25) is 5.13 Å². The molecule has 0 unspecified atom stereocenters. The largest absolute Gasteiger partial charge is 0.381 e. The summed E-state index contributed by atoms with van der Waals surface area (Å²) in [4.78, 5) is 12.2. The molecular weight excluding hydrogens is 333 g/mol. The third-order valence-corrected chi connectivity index (χ3v) is 4.07. The number of amides is 1. The van der Waals surface area contributed by atoms with E-state index in [0.29, 0.717) is 34.8 Å². The minimum Gasteiger partial charge on any atom is -0.381 e. The van der Waals surface area contributed by atoms with Crippen molar-refractivity contribution in [3.8, 4) is 0 Å². The van der Waals surface area contributed by atoms with Crippen LogP contribution in [0.3, 0.4) is 0 Å². The molecule has 1 amide bonds. The van der Waals surface area contributed by atoms with E-state index in [1.165, 1.54) is 11.3 Å². The summed E-state index contributed by atoms with van der Waals surface area (Å²) in [5.74, 6) is -0.405. The minimum absolute atomic E-state index is 0.229. The molecule has 1 aromatic heterocycles. The molecule has 0 fully saturated rings. The van der Waals surface area contributed by atoms with Crippen molar-refractivity contribution < 1.29 is 9.53 Å². The lowest BCUT2D eigenvalue weighted by atomic mass is 10.2. The molecule has 0 spiro atoms. The fourth-order valence-electron chi connectivity index (χ4n) is 1.58. The third kappa shape index (κ3) is 4.38. The summed E-state index contributed by atoms with van der Waals surface area (Å²) in [5, 5.41) is 12.3. The summed E-state index contributed by atoms with van der Waals surface area (Å²) in [6, 6.07) is 4.89. The van der Waals surface area contributed by atoms with Gasteiger partial charge in [-0.3, -0.25) is 10.1 Å². The van der Waals surface area contributed by atoms with Crippen molar-refractivity contribution in [2.75, 3.05) is 18.5 Å². The number of carbonyl (C=O) groups is 1. The predicted octanol–water partition coefficient (Wildman–Crippen LogP) is 3.68. The van der Waals surface area contributed by atoms with E-state index < -0.39 is 5.91 Å². The summed E-state index contributed by atoms with van der Waals surface area (Å²) < 4.78 is 5.25. The Morgan fingerprint density at radius 2 is 2.05 bits per heavy atom. The van der Waals surface area contributed by atoms with Crippen molar-refractivity contribution in [3.63, 3.8) is 0 Å². The van der Waals surface area contributed by atoms with E-state index in [4.69, 9.17) is 27.9 Å². The van der Waals surface area contributed by atoms with Gasteiger partial charge in [0.05, 0.1) is 22.2 Å². The maximum absolute atomic E-state index is 12.2. The normalized spacial score (nSPS) is 10.6. The maximum atomic E-state index is 12.2. The number of carbonyl (C=O) groups excluding carboxylic acids is 1. The maximum Gasteiger partial charge on any atom is 0.260 e. The van der Waals surface area contributed by atoms with E-state index in [2.05, 4.69) is 15.5 Å². The van der Waals surface area contributed by atoms with Gasteiger partial charge in [0, 0.05) is 13.0 Å². The Balaban J connectivity index is 2.03. The molecule has 0 saturated carbocycles. The van der Waals surface area contributed by atoms with E-state index in [9.17, 15) is 4.79 Å². The number of nitrogens with zero attached hydrogens (tertiary/aromatic N) is 2. The van der Waals surface area contributed by atoms with Crippen LogP contribution in [0.1, 0.15) is 22.3 Å². The number of hydrogen-bond acceptors (Lipinski definition) is 5.